The van der Waals surface area contributed by atoms with Crippen LogP contribution in [0.1, 0.15) is 29.5 Å². The van der Waals surface area contributed by atoms with E-state index in [2.05, 4.69) is 16.6 Å². The maximum Gasteiger partial charge on any atom is 0.307 e. The van der Waals surface area contributed by atoms with Crippen molar-refractivity contribution in [1.82, 2.24) is 0 Å². The van der Waals surface area contributed by atoms with E-state index in [4.69, 9.17) is 0 Å². The second-order valence-corrected chi connectivity index (χ2v) is 9.25. The molecule has 0 aromatic heterocycles. The molecule has 0 aliphatic rings. The molecule has 32 heavy (non-hydrogen) atoms. The zero-order chi connectivity index (χ0) is 23.0. The van der Waals surface area contributed by atoms with Crippen LogP contribution in [0.4, 0.5) is 5.69 Å². The Bertz CT molecular complexity index is 1220. The fourth-order valence-corrected chi connectivity index (χ4v) is 4.26. The van der Waals surface area contributed by atoms with E-state index in [-0.39, 0.29) is 11.3 Å². The number of hydrogen-bond donors (Lipinski definition) is 2. The SMILES string of the molecule is Cc1ccc(NS(=O)(=O)c2cccc(C#CCC(CCc3ccccc3)C(=O)O)c2)cc1. The first-order valence-corrected chi connectivity index (χ1v) is 11.8. The minimum absolute atomic E-state index is 0.101. The molecule has 3 aromatic rings. The average molecular weight is 448 g/mol. The minimum Gasteiger partial charge on any atom is -0.481 e. The van der Waals surface area contributed by atoms with E-state index in [1.807, 2.05) is 49.4 Å². The van der Waals surface area contributed by atoms with E-state index in [1.54, 1.807) is 24.3 Å². The largest absolute Gasteiger partial charge is 0.481 e. The molecular formula is C26H25NO4S. The Kier molecular flexibility index (Phi) is 7.69. The first kappa shape index (κ1) is 23.1. The van der Waals surface area contributed by atoms with Crippen LogP contribution < -0.4 is 4.72 Å². The number of sulfonamides is 1. The van der Waals surface area contributed by atoms with Crippen molar-refractivity contribution in [2.24, 2.45) is 5.92 Å². The molecule has 0 saturated heterocycles. The number of anilines is 1. The highest BCUT2D eigenvalue weighted by Gasteiger charge is 2.16. The van der Waals surface area contributed by atoms with Crippen molar-refractivity contribution in [1.29, 1.82) is 0 Å². The van der Waals surface area contributed by atoms with Crippen LogP contribution in [0.15, 0.2) is 83.8 Å². The molecular weight excluding hydrogens is 422 g/mol. The second kappa shape index (κ2) is 10.7. The number of benzene rings is 3. The fourth-order valence-electron chi connectivity index (χ4n) is 3.15. The normalized spacial score (nSPS) is 11.8. The van der Waals surface area contributed by atoms with Crippen LogP contribution in [-0.2, 0) is 21.2 Å². The van der Waals surface area contributed by atoms with Crippen molar-refractivity contribution < 1.29 is 18.3 Å². The summed E-state index contributed by atoms with van der Waals surface area (Å²) < 4.78 is 27.9. The Hall–Kier alpha value is -3.56. The minimum atomic E-state index is -3.75. The van der Waals surface area contributed by atoms with Crippen LogP contribution in [0.5, 0.6) is 0 Å². The lowest BCUT2D eigenvalue weighted by Crippen LogP contribution is -2.14. The molecule has 3 aromatic carbocycles. The van der Waals surface area contributed by atoms with Crippen molar-refractivity contribution in [3.05, 3.63) is 95.6 Å². The summed E-state index contributed by atoms with van der Waals surface area (Å²) in [7, 11) is -3.75. The number of aryl methyl sites for hydroxylation is 2. The summed E-state index contributed by atoms with van der Waals surface area (Å²) >= 11 is 0. The van der Waals surface area contributed by atoms with Gasteiger partial charge in [-0.2, -0.15) is 0 Å². The highest BCUT2D eigenvalue weighted by Crippen LogP contribution is 2.18. The molecule has 0 radical (unpaired) electrons. The Balaban J connectivity index is 1.67. The number of carboxylic acids is 1. The van der Waals surface area contributed by atoms with Gasteiger partial charge in [0.05, 0.1) is 10.8 Å². The smallest absolute Gasteiger partial charge is 0.307 e. The van der Waals surface area contributed by atoms with Gasteiger partial charge < -0.3 is 5.11 Å². The van der Waals surface area contributed by atoms with Crippen molar-refractivity contribution in [2.75, 3.05) is 4.72 Å². The third-order valence-electron chi connectivity index (χ3n) is 5.00. The van der Waals surface area contributed by atoms with Crippen LogP contribution in [0.2, 0.25) is 0 Å². The Labute approximate surface area is 189 Å². The number of aliphatic carboxylic acids is 1. The number of nitrogens with one attached hydrogen (secondary N) is 1. The number of carboxylic acid groups (broad SMARTS) is 1. The van der Waals surface area contributed by atoms with Crippen LogP contribution in [-0.4, -0.2) is 19.5 Å². The molecule has 0 aliphatic heterocycles. The molecule has 0 spiro atoms. The van der Waals surface area contributed by atoms with Gasteiger partial charge in [-0.15, -0.1) is 0 Å². The predicted octanol–water partition coefficient (Wildman–Crippen LogP) is 4.87. The summed E-state index contributed by atoms with van der Waals surface area (Å²) in [5, 5.41) is 9.50. The van der Waals surface area contributed by atoms with Gasteiger partial charge in [-0.25, -0.2) is 8.42 Å². The molecule has 1 atom stereocenters. The van der Waals surface area contributed by atoms with E-state index >= 15 is 0 Å². The average Bonchev–Trinajstić information content (AvgIpc) is 2.78. The number of hydrogen-bond acceptors (Lipinski definition) is 3. The summed E-state index contributed by atoms with van der Waals surface area (Å²) in [6.07, 6.45) is 1.35. The monoisotopic (exact) mass is 447 g/mol. The molecule has 0 heterocycles. The number of rotatable bonds is 8. The van der Waals surface area contributed by atoms with Gasteiger partial charge in [0.15, 0.2) is 0 Å². The molecule has 0 fully saturated rings. The summed E-state index contributed by atoms with van der Waals surface area (Å²) in [6.45, 7) is 1.93. The number of carbonyl (C=O) groups is 1. The summed E-state index contributed by atoms with van der Waals surface area (Å²) in [5.74, 6) is 4.35. The van der Waals surface area contributed by atoms with Gasteiger partial charge in [0, 0.05) is 17.7 Å². The first-order valence-electron chi connectivity index (χ1n) is 10.3. The standard InChI is InChI=1S/C26H25NO4S/c1-20-13-17-24(18-14-20)27-32(30,31)25-12-6-10-22(19-25)9-5-11-23(26(28)29)16-15-21-7-3-2-4-8-21/h2-4,6-8,10,12-14,17-19,23,27H,11,15-16H2,1H3,(H,28,29). The zero-order valence-corrected chi connectivity index (χ0v) is 18.6. The Morgan fingerprint density at radius 2 is 1.72 bits per heavy atom. The fraction of sp³-hybridized carbons (Fsp3) is 0.192. The van der Waals surface area contributed by atoms with Gasteiger partial charge in [-0.05, 0) is 55.7 Å². The maximum atomic E-state index is 12.7. The van der Waals surface area contributed by atoms with Crippen LogP contribution in [0.3, 0.4) is 0 Å². The third-order valence-corrected chi connectivity index (χ3v) is 6.38. The van der Waals surface area contributed by atoms with Crippen molar-refractivity contribution in [3.8, 4) is 11.8 Å². The highest BCUT2D eigenvalue weighted by molar-refractivity contribution is 7.92. The van der Waals surface area contributed by atoms with Gasteiger partial charge >= 0.3 is 5.97 Å². The van der Waals surface area contributed by atoms with Crippen LogP contribution in [0.25, 0.3) is 0 Å². The van der Waals surface area contributed by atoms with Gasteiger partial charge in [0.2, 0.25) is 0 Å². The molecule has 3 rings (SSSR count). The van der Waals surface area contributed by atoms with E-state index in [1.165, 1.54) is 12.1 Å². The summed E-state index contributed by atoms with van der Waals surface area (Å²) in [5.41, 5.74) is 3.12. The lowest BCUT2D eigenvalue weighted by molar-refractivity contribution is -0.141. The molecule has 6 heteroatoms. The van der Waals surface area contributed by atoms with Crippen molar-refractivity contribution in [2.45, 2.75) is 31.1 Å². The van der Waals surface area contributed by atoms with Crippen LogP contribution >= 0.6 is 0 Å². The van der Waals surface area contributed by atoms with Gasteiger partial charge in [0.25, 0.3) is 10.0 Å². The van der Waals surface area contributed by atoms with E-state index in [0.29, 0.717) is 24.1 Å². The molecule has 0 amide bonds. The van der Waals surface area contributed by atoms with Crippen molar-refractivity contribution >= 4 is 21.7 Å². The molecule has 2 N–H and O–H groups in total. The van der Waals surface area contributed by atoms with E-state index in [9.17, 15) is 18.3 Å². The predicted molar refractivity (Wildman–Crippen MR) is 126 cm³/mol. The second-order valence-electron chi connectivity index (χ2n) is 7.56. The molecule has 0 saturated carbocycles. The summed E-state index contributed by atoms with van der Waals surface area (Å²) in [4.78, 5) is 11.7. The van der Waals surface area contributed by atoms with Gasteiger partial charge in [-0.1, -0.05) is 65.9 Å². The van der Waals surface area contributed by atoms with Crippen LogP contribution in [0, 0.1) is 24.7 Å². The lowest BCUT2D eigenvalue weighted by atomic mass is 9.96. The Morgan fingerprint density at radius 1 is 1.00 bits per heavy atom. The molecule has 0 bridgehead atoms. The molecule has 5 nitrogen and oxygen atoms in total. The quantitative estimate of drug-likeness (QED) is 0.483. The molecule has 164 valence electrons. The topological polar surface area (TPSA) is 83.5 Å². The molecule has 1 unspecified atom stereocenters. The zero-order valence-electron chi connectivity index (χ0n) is 17.8. The van der Waals surface area contributed by atoms with Gasteiger partial charge in [-0.3, -0.25) is 9.52 Å². The van der Waals surface area contributed by atoms with Gasteiger partial charge in [0.1, 0.15) is 0 Å². The highest BCUT2D eigenvalue weighted by atomic mass is 32.2. The van der Waals surface area contributed by atoms with E-state index < -0.39 is 21.9 Å². The maximum absolute atomic E-state index is 12.7. The first-order chi connectivity index (χ1) is 15.3. The lowest BCUT2D eigenvalue weighted by Gasteiger charge is -2.09. The molecule has 0 aliphatic carbocycles. The Morgan fingerprint density at radius 3 is 2.41 bits per heavy atom. The van der Waals surface area contributed by atoms with E-state index in [0.717, 1.165) is 11.1 Å². The third kappa shape index (κ3) is 6.73. The van der Waals surface area contributed by atoms with Crippen molar-refractivity contribution in [3.63, 3.8) is 0 Å². The summed E-state index contributed by atoms with van der Waals surface area (Å²) in [6, 6.07) is 23.1.